The highest BCUT2D eigenvalue weighted by Crippen LogP contribution is 2.52. The second kappa shape index (κ2) is 2.84. The van der Waals surface area contributed by atoms with E-state index in [0.29, 0.717) is 5.92 Å². The largest absolute Gasteiger partial charge is 0.365 e. The highest BCUT2D eigenvalue weighted by atomic mass is 16.5. The fourth-order valence-electron chi connectivity index (χ4n) is 2.86. The van der Waals surface area contributed by atoms with Crippen LogP contribution in [0.2, 0.25) is 0 Å². The molecule has 0 aromatic rings. The highest BCUT2D eigenvalue weighted by Gasteiger charge is 2.50. The summed E-state index contributed by atoms with van der Waals surface area (Å²) in [6.45, 7) is 6.45. The Balaban J connectivity index is 2.34. The molecular formula is C12H17NO. The number of nitriles is 1. The molecule has 2 heterocycles. The minimum atomic E-state index is -0.173. The third-order valence-electron chi connectivity index (χ3n) is 3.83. The molecule has 2 bridgehead atoms. The van der Waals surface area contributed by atoms with Crippen molar-refractivity contribution in [2.24, 2.45) is 5.92 Å². The Morgan fingerprint density at radius 1 is 1.50 bits per heavy atom. The number of fused-ring (bicyclic) bond motifs is 3. The van der Waals surface area contributed by atoms with Gasteiger partial charge in [-0.2, -0.15) is 5.26 Å². The van der Waals surface area contributed by atoms with Crippen molar-refractivity contribution in [1.29, 1.82) is 5.26 Å². The van der Waals surface area contributed by atoms with Gasteiger partial charge in [-0.05, 0) is 51.5 Å². The lowest BCUT2D eigenvalue weighted by Gasteiger charge is -2.55. The molecule has 3 rings (SSSR count). The Hall–Kier alpha value is -0.810. The maximum atomic E-state index is 8.71. The smallest absolute Gasteiger partial charge is 0.0912 e. The predicted molar refractivity (Wildman–Crippen MR) is 54.6 cm³/mol. The summed E-state index contributed by atoms with van der Waals surface area (Å²) in [7, 11) is 0. The van der Waals surface area contributed by atoms with Crippen LogP contribution in [0, 0.1) is 17.2 Å². The van der Waals surface area contributed by atoms with E-state index in [0.717, 1.165) is 12.8 Å². The van der Waals surface area contributed by atoms with Crippen LogP contribution in [0.5, 0.6) is 0 Å². The molecule has 2 nitrogen and oxygen atoms in total. The van der Waals surface area contributed by atoms with Crippen molar-refractivity contribution in [3.05, 3.63) is 11.6 Å². The number of hydrogen-bond acceptors (Lipinski definition) is 2. The molecule has 2 heteroatoms. The molecule has 2 aliphatic heterocycles. The molecule has 0 radical (unpaired) electrons. The number of allylic oxidation sites excluding steroid dienone is 1. The van der Waals surface area contributed by atoms with Gasteiger partial charge in [-0.25, -0.2) is 0 Å². The monoisotopic (exact) mass is 191 g/mol. The number of nitrogens with zero attached hydrogens (tertiary/aromatic N) is 1. The molecule has 0 N–H and O–H groups in total. The maximum Gasteiger partial charge on any atom is 0.0912 e. The minimum Gasteiger partial charge on any atom is -0.365 e. The van der Waals surface area contributed by atoms with Crippen LogP contribution in [-0.2, 0) is 4.74 Å². The SMILES string of the molecule is CC12CCC(C/C1=C\C#N)C(C)(C)O2. The Labute approximate surface area is 85.6 Å². The van der Waals surface area contributed by atoms with Gasteiger partial charge in [0.25, 0.3) is 0 Å². The first kappa shape index (κ1) is 9.73. The molecule has 14 heavy (non-hydrogen) atoms. The Morgan fingerprint density at radius 3 is 2.71 bits per heavy atom. The Kier molecular flexibility index (Phi) is 1.97. The van der Waals surface area contributed by atoms with E-state index in [2.05, 4.69) is 26.8 Å². The van der Waals surface area contributed by atoms with Gasteiger partial charge < -0.3 is 4.74 Å². The van der Waals surface area contributed by atoms with Crippen molar-refractivity contribution >= 4 is 0 Å². The van der Waals surface area contributed by atoms with Crippen LogP contribution in [0.1, 0.15) is 40.0 Å². The molecule has 1 aliphatic carbocycles. The van der Waals surface area contributed by atoms with Gasteiger partial charge in [-0.3, -0.25) is 0 Å². The van der Waals surface area contributed by atoms with Gasteiger partial charge in [0.2, 0.25) is 0 Å². The molecule has 0 spiro atoms. The first-order valence-corrected chi connectivity index (χ1v) is 5.27. The number of rotatable bonds is 0. The minimum absolute atomic E-state index is 0.0141. The molecule has 2 saturated heterocycles. The summed E-state index contributed by atoms with van der Waals surface area (Å²) >= 11 is 0. The van der Waals surface area contributed by atoms with Crippen LogP contribution < -0.4 is 0 Å². The third-order valence-corrected chi connectivity index (χ3v) is 3.83. The molecule has 3 aliphatic rings. The normalized spacial score (nSPS) is 42.4. The van der Waals surface area contributed by atoms with E-state index in [1.54, 1.807) is 6.08 Å². The van der Waals surface area contributed by atoms with Crippen molar-refractivity contribution < 1.29 is 4.74 Å². The number of ether oxygens (including phenoxy) is 1. The lowest BCUT2D eigenvalue weighted by molar-refractivity contribution is -0.201. The summed E-state index contributed by atoms with van der Waals surface area (Å²) in [5.41, 5.74) is 1.00. The molecular weight excluding hydrogens is 174 g/mol. The van der Waals surface area contributed by atoms with Gasteiger partial charge in [0, 0.05) is 6.08 Å². The first-order valence-electron chi connectivity index (χ1n) is 5.27. The van der Waals surface area contributed by atoms with Crippen LogP contribution in [-0.4, -0.2) is 11.2 Å². The molecule has 3 fully saturated rings. The summed E-state index contributed by atoms with van der Waals surface area (Å²) in [4.78, 5) is 0. The van der Waals surface area contributed by atoms with Gasteiger partial charge in [0.05, 0.1) is 17.3 Å². The molecule has 1 saturated carbocycles. The summed E-state index contributed by atoms with van der Waals surface area (Å²) < 4.78 is 6.11. The van der Waals surface area contributed by atoms with E-state index in [1.807, 2.05) is 0 Å². The molecule has 2 atom stereocenters. The van der Waals surface area contributed by atoms with E-state index < -0.39 is 0 Å². The lowest BCUT2D eigenvalue weighted by atomic mass is 9.66. The van der Waals surface area contributed by atoms with Gasteiger partial charge in [-0.1, -0.05) is 0 Å². The highest BCUT2D eigenvalue weighted by molar-refractivity contribution is 5.28. The van der Waals surface area contributed by atoms with Gasteiger partial charge >= 0.3 is 0 Å². The van der Waals surface area contributed by atoms with Crippen LogP contribution in [0.25, 0.3) is 0 Å². The summed E-state index contributed by atoms with van der Waals surface area (Å²) in [6.07, 6.45) is 5.01. The Morgan fingerprint density at radius 2 is 2.21 bits per heavy atom. The average molecular weight is 191 g/mol. The topological polar surface area (TPSA) is 33.0 Å². The van der Waals surface area contributed by atoms with Crippen LogP contribution in [0.4, 0.5) is 0 Å². The lowest BCUT2D eigenvalue weighted by Crippen LogP contribution is -2.55. The van der Waals surface area contributed by atoms with Gasteiger partial charge in [-0.15, -0.1) is 0 Å². The van der Waals surface area contributed by atoms with E-state index >= 15 is 0 Å². The molecule has 0 aromatic carbocycles. The fourth-order valence-corrected chi connectivity index (χ4v) is 2.86. The second-order valence-corrected chi connectivity index (χ2v) is 5.17. The second-order valence-electron chi connectivity index (χ2n) is 5.17. The van der Waals surface area contributed by atoms with Crippen LogP contribution >= 0.6 is 0 Å². The van der Waals surface area contributed by atoms with Crippen molar-refractivity contribution in [3.63, 3.8) is 0 Å². The Bertz CT molecular complexity index is 324. The van der Waals surface area contributed by atoms with Gasteiger partial charge in [0.1, 0.15) is 0 Å². The van der Waals surface area contributed by atoms with Crippen molar-refractivity contribution in [2.75, 3.05) is 0 Å². The molecule has 2 unspecified atom stereocenters. The van der Waals surface area contributed by atoms with Crippen molar-refractivity contribution in [2.45, 2.75) is 51.2 Å². The third kappa shape index (κ3) is 1.27. The predicted octanol–water partition coefficient (Wildman–Crippen LogP) is 2.80. The molecule has 0 aromatic heterocycles. The summed E-state index contributed by atoms with van der Waals surface area (Å²) in [6, 6.07) is 2.13. The molecule has 76 valence electrons. The standard InChI is InChI=1S/C12H17NO/c1-11(2)9-4-6-12(3,14-11)10(8-9)5-7-13/h5,9H,4,6,8H2,1-3H3/b10-5+. The number of hydrogen-bond donors (Lipinski definition) is 0. The van der Waals surface area contributed by atoms with Crippen molar-refractivity contribution in [3.8, 4) is 6.07 Å². The zero-order chi connectivity index (χ0) is 10.4. The van der Waals surface area contributed by atoms with E-state index in [1.165, 1.54) is 12.0 Å². The van der Waals surface area contributed by atoms with E-state index in [4.69, 9.17) is 10.00 Å². The van der Waals surface area contributed by atoms with E-state index in [9.17, 15) is 0 Å². The summed E-state index contributed by atoms with van der Waals surface area (Å²) in [5, 5.41) is 8.71. The average Bonchev–Trinajstić information content (AvgIpc) is 2.06. The van der Waals surface area contributed by atoms with Gasteiger partial charge in [0.15, 0.2) is 0 Å². The zero-order valence-electron chi connectivity index (χ0n) is 9.13. The van der Waals surface area contributed by atoms with Crippen molar-refractivity contribution in [1.82, 2.24) is 0 Å². The first-order chi connectivity index (χ1) is 6.48. The quantitative estimate of drug-likeness (QED) is 0.551. The fraction of sp³-hybridized carbons (Fsp3) is 0.750. The van der Waals surface area contributed by atoms with Crippen LogP contribution in [0.15, 0.2) is 11.6 Å². The summed E-state index contributed by atoms with van der Waals surface area (Å²) in [5.74, 6) is 0.587. The van der Waals surface area contributed by atoms with Crippen LogP contribution in [0.3, 0.4) is 0 Å². The maximum absolute atomic E-state index is 8.71. The zero-order valence-corrected chi connectivity index (χ0v) is 9.13. The van der Waals surface area contributed by atoms with E-state index in [-0.39, 0.29) is 11.2 Å². The molecule has 0 amide bonds.